The number of aliphatic hydroxyl groups excluding tert-OH is 1. The fraction of sp³-hybridized carbons (Fsp3) is 0.385. The first-order valence-electron chi connectivity index (χ1n) is 5.96. The molecule has 1 aromatic carbocycles. The average Bonchev–Trinajstić information content (AvgIpc) is 2.42. The number of aliphatic hydroxyl groups is 1. The van der Waals surface area contributed by atoms with Crippen LogP contribution in [0.1, 0.15) is 20.3 Å². The molecule has 0 fully saturated rings. The number of anilines is 1. The number of halogens is 1. The molecule has 0 aliphatic carbocycles. The normalized spacial score (nSPS) is 14.4. The zero-order valence-electron chi connectivity index (χ0n) is 10.6. The Kier molecular flexibility index (Phi) is 5.65. The fourth-order valence-electron chi connectivity index (χ4n) is 1.69. The first-order chi connectivity index (χ1) is 8.70. The van der Waals surface area contributed by atoms with E-state index in [1.807, 2.05) is 18.7 Å². The molecule has 1 N–H and O–H groups in total. The molecule has 0 saturated heterocycles. The summed E-state index contributed by atoms with van der Waals surface area (Å²) in [7, 11) is 0. The standard InChI is InChI=1S/C11H11ClN2O2.C2H6/c12-10-7-8(13-16)1-2-11(10)14-5-3-9(15)4-6-14;1-2/h1-3,7,15H,4-6H2;1-2H3. The maximum atomic E-state index is 10.3. The van der Waals surface area contributed by atoms with Gasteiger partial charge in [-0.2, -0.15) is 0 Å². The minimum Gasteiger partial charge on any atom is -0.513 e. The number of hydrogen-bond donors (Lipinski definition) is 1. The van der Waals surface area contributed by atoms with Gasteiger partial charge in [-0.25, -0.2) is 0 Å². The molecule has 0 unspecified atom stereocenters. The van der Waals surface area contributed by atoms with Gasteiger partial charge in [-0.05, 0) is 29.5 Å². The van der Waals surface area contributed by atoms with E-state index in [0.29, 0.717) is 29.4 Å². The van der Waals surface area contributed by atoms with Gasteiger partial charge in [0, 0.05) is 19.5 Å². The lowest BCUT2D eigenvalue weighted by Gasteiger charge is -2.27. The van der Waals surface area contributed by atoms with E-state index in [1.54, 1.807) is 24.3 Å². The molecule has 0 bridgehead atoms. The largest absolute Gasteiger partial charge is 0.513 e. The van der Waals surface area contributed by atoms with Gasteiger partial charge in [0.15, 0.2) is 0 Å². The monoisotopic (exact) mass is 268 g/mol. The van der Waals surface area contributed by atoms with Crippen molar-refractivity contribution in [3.05, 3.63) is 40.0 Å². The molecule has 18 heavy (non-hydrogen) atoms. The predicted molar refractivity (Wildman–Crippen MR) is 75.8 cm³/mol. The predicted octanol–water partition coefficient (Wildman–Crippen LogP) is 4.42. The van der Waals surface area contributed by atoms with Crippen LogP contribution in [0.3, 0.4) is 0 Å². The average molecular weight is 269 g/mol. The topological polar surface area (TPSA) is 52.9 Å². The van der Waals surface area contributed by atoms with Gasteiger partial charge in [-0.3, -0.25) is 0 Å². The second-order valence-electron chi connectivity index (χ2n) is 3.62. The molecule has 0 radical (unpaired) electrons. The smallest absolute Gasteiger partial charge is 0.109 e. The summed E-state index contributed by atoms with van der Waals surface area (Å²) >= 11 is 6.05. The Bertz CT molecular complexity index is 447. The van der Waals surface area contributed by atoms with Gasteiger partial charge in [0.25, 0.3) is 0 Å². The molecule has 1 aromatic rings. The Morgan fingerprint density at radius 3 is 2.61 bits per heavy atom. The van der Waals surface area contributed by atoms with E-state index < -0.39 is 0 Å². The molecule has 0 amide bonds. The van der Waals surface area contributed by atoms with Crippen molar-refractivity contribution in [1.29, 1.82) is 0 Å². The van der Waals surface area contributed by atoms with Crippen molar-refractivity contribution in [2.45, 2.75) is 20.3 Å². The molecular formula is C13H17ClN2O2. The molecular weight excluding hydrogens is 252 g/mol. The molecule has 4 nitrogen and oxygen atoms in total. The lowest BCUT2D eigenvalue weighted by molar-refractivity contribution is 0.380. The summed E-state index contributed by atoms with van der Waals surface area (Å²) in [6.07, 6.45) is 2.37. The molecule has 1 heterocycles. The minimum atomic E-state index is 0.323. The van der Waals surface area contributed by atoms with Crippen LogP contribution in [0, 0.1) is 4.91 Å². The summed E-state index contributed by atoms with van der Waals surface area (Å²) in [6, 6.07) is 4.95. The third kappa shape index (κ3) is 3.47. The summed E-state index contributed by atoms with van der Waals surface area (Å²) in [4.78, 5) is 12.4. The summed E-state index contributed by atoms with van der Waals surface area (Å²) in [5.41, 5.74) is 1.18. The summed E-state index contributed by atoms with van der Waals surface area (Å²) in [5, 5.41) is 12.6. The van der Waals surface area contributed by atoms with Crippen LogP contribution in [-0.2, 0) is 0 Å². The van der Waals surface area contributed by atoms with Crippen molar-refractivity contribution < 1.29 is 5.11 Å². The van der Waals surface area contributed by atoms with Crippen LogP contribution in [0.15, 0.2) is 35.2 Å². The van der Waals surface area contributed by atoms with Crippen molar-refractivity contribution in [1.82, 2.24) is 0 Å². The Balaban J connectivity index is 0.000000771. The highest BCUT2D eigenvalue weighted by Gasteiger charge is 2.14. The zero-order valence-corrected chi connectivity index (χ0v) is 11.3. The quantitative estimate of drug-likeness (QED) is 0.808. The van der Waals surface area contributed by atoms with Crippen molar-refractivity contribution in [3.63, 3.8) is 0 Å². The first-order valence-corrected chi connectivity index (χ1v) is 6.34. The van der Waals surface area contributed by atoms with Crippen LogP contribution in [0.4, 0.5) is 11.4 Å². The Morgan fingerprint density at radius 2 is 2.11 bits per heavy atom. The zero-order chi connectivity index (χ0) is 13.5. The lowest BCUT2D eigenvalue weighted by atomic mass is 10.2. The highest BCUT2D eigenvalue weighted by atomic mass is 35.5. The number of hydrogen-bond acceptors (Lipinski definition) is 4. The van der Waals surface area contributed by atoms with Gasteiger partial charge < -0.3 is 10.0 Å². The number of nitroso groups, excluding NO2 is 1. The summed E-state index contributed by atoms with van der Waals surface area (Å²) in [6.45, 7) is 5.34. The Labute approximate surface area is 112 Å². The van der Waals surface area contributed by atoms with Gasteiger partial charge in [-0.15, -0.1) is 4.91 Å². The second kappa shape index (κ2) is 7.01. The molecule has 1 aliphatic heterocycles. The van der Waals surface area contributed by atoms with Crippen molar-refractivity contribution in [2.24, 2.45) is 5.18 Å². The molecule has 5 heteroatoms. The second-order valence-corrected chi connectivity index (χ2v) is 4.03. The number of benzene rings is 1. The molecule has 98 valence electrons. The SMILES string of the molecule is CC.O=Nc1ccc(N2CC=C(O)CC2)c(Cl)c1. The molecule has 0 saturated carbocycles. The maximum absolute atomic E-state index is 10.3. The van der Waals surface area contributed by atoms with Crippen molar-refractivity contribution in [2.75, 3.05) is 18.0 Å². The minimum absolute atomic E-state index is 0.323. The van der Waals surface area contributed by atoms with Crippen LogP contribution in [0.25, 0.3) is 0 Å². The van der Waals surface area contributed by atoms with E-state index in [9.17, 15) is 10.0 Å². The Hall–Kier alpha value is -1.55. The first kappa shape index (κ1) is 14.5. The van der Waals surface area contributed by atoms with Gasteiger partial charge >= 0.3 is 0 Å². The Morgan fingerprint density at radius 1 is 1.39 bits per heavy atom. The van der Waals surface area contributed by atoms with E-state index >= 15 is 0 Å². The number of nitrogens with zero attached hydrogens (tertiary/aromatic N) is 2. The molecule has 1 aliphatic rings. The molecule has 0 spiro atoms. The van der Waals surface area contributed by atoms with Crippen LogP contribution < -0.4 is 4.90 Å². The molecule has 0 atom stereocenters. The highest BCUT2D eigenvalue weighted by Crippen LogP contribution is 2.31. The van der Waals surface area contributed by atoms with Gasteiger partial charge in [-0.1, -0.05) is 25.4 Å². The third-order valence-electron chi connectivity index (χ3n) is 2.56. The van der Waals surface area contributed by atoms with Crippen LogP contribution >= 0.6 is 11.6 Å². The molecule has 2 rings (SSSR count). The van der Waals surface area contributed by atoms with E-state index in [-0.39, 0.29) is 0 Å². The van der Waals surface area contributed by atoms with Crippen LogP contribution in [0.5, 0.6) is 0 Å². The van der Waals surface area contributed by atoms with Crippen molar-refractivity contribution >= 4 is 23.0 Å². The molecule has 0 aromatic heterocycles. The van der Waals surface area contributed by atoms with E-state index in [2.05, 4.69) is 5.18 Å². The van der Waals surface area contributed by atoms with Crippen LogP contribution in [0.2, 0.25) is 5.02 Å². The van der Waals surface area contributed by atoms with E-state index in [4.69, 9.17) is 11.6 Å². The van der Waals surface area contributed by atoms with Gasteiger partial charge in [0.05, 0.1) is 16.5 Å². The van der Waals surface area contributed by atoms with E-state index in [0.717, 1.165) is 12.2 Å². The third-order valence-corrected chi connectivity index (χ3v) is 2.87. The van der Waals surface area contributed by atoms with Gasteiger partial charge in [0.2, 0.25) is 0 Å². The highest BCUT2D eigenvalue weighted by molar-refractivity contribution is 6.33. The van der Waals surface area contributed by atoms with Crippen molar-refractivity contribution in [3.8, 4) is 0 Å². The van der Waals surface area contributed by atoms with E-state index in [1.165, 1.54) is 0 Å². The fourth-order valence-corrected chi connectivity index (χ4v) is 1.98. The maximum Gasteiger partial charge on any atom is 0.109 e. The van der Waals surface area contributed by atoms with Crippen LogP contribution in [-0.4, -0.2) is 18.2 Å². The lowest BCUT2D eigenvalue weighted by Crippen LogP contribution is -2.28. The number of rotatable bonds is 2. The summed E-state index contributed by atoms with van der Waals surface area (Å²) < 4.78 is 0. The van der Waals surface area contributed by atoms with Gasteiger partial charge in [0.1, 0.15) is 5.69 Å². The summed E-state index contributed by atoms with van der Waals surface area (Å²) in [5.74, 6) is 0.415.